The third kappa shape index (κ3) is 5.60. The summed E-state index contributed by atoms with van der Waals surface area (Å²) >= 11 is 0. The summed E-state index contributed by atoms with van der Waals surface area (Å²) < 4.78 is 87.1. The highest BCUT2D eigenvalue weighted by molar-refractivity contribution is 5.85. The van der Waals surface area contributed by atoms with Crippen LogP contribution in [0.3, 0.4) is 0 Å². The Balaban J connectivity index is 1.44. The molecule has 0 saturated carbocycles. The number of aryl methyl sites for hydroxylation is 1. The molecule has 0 bridgehead atoms. The van der Waals surface area contributed by atoms with Crippen LogP contribution < -0.4 is 0 Å². The van der Waals surface area contributed by atoms with E-state index in [2.05, 4.69) is 4.90 Å². The van der Waals surface area contributed by atoms with Crippen LogP contribution in [0.2, 0.25) is 0 Å². The third-order valence-electron chi connectivity index (χ3n) is 8.57. The summed E-state index contributed by atoms with van der Waals surface area (Å²) in [5.74, 6) is -0.363. The van der Waals surface area contributed by atoms with Crippen molar-refractivity contribution < 1.29 is 41.0 Å². The molecule has 2 aromatic carbocycles. The molecule has 3 aliphatic rings. The van der Waals surface area contributed by atoms with E-state index in [0.717, 1.165) is 11.1 Å². The summed E-state index contributed by atoms with van der Waals surface area (Å²) in [6.07, 6.45) is -10.3. The van der Waals surface area contributed by atoms with Crippen molar-refractivity contribution in [1.82, 2.24) is 9.80 Å². The van der Waals surface area contributed by atoms with Crippen LogP contribution in [0.4, 0.5) is 26.3 Å². The fraction of sp³-hybridized carbons (Fsp3) is 0.552. The number of hydrogen-bond donors (Lipinski definition) is 1. The van der Waals surface area contributed by atoms with Gasteiger partial charge in [0.15, 0.2) is 0 Å². The van der Waals surface area contributed by atoms with E-state index >= 15 is 0 Å². The van der Waals surface area contributed by atoms with Crippen molar-refractivity contribution in [2.45, 2.75) is 81.8 Å². The Hall–Kier alpha value is -2.63. The topological polar surface area (TPSA) is 53.0 Å². The summed E-state index contributed by atoms with van der Waals surface area (Å²) in [4.78, 5) is 17.4. The number of ether oxygens (including phenoxy) is 1. The molecule has 1 amide bonds. The molecule has 2 aromatic rings. The average Bonchev–Trinajstić information content (AvgIpc) is 3.39. The molecule has 0 radical (unpaired) electrons. The Morgan fingerprint density at radius 3 is 2.15 bits per heavy atom. The Morgan fingerprint density at radius 2 is 1.57 bits per heavy atom. The number of hydrogen-bond acceptors (Lipinski definition) is 4. The number of aliphatic hydroxyl groups excluding tert-OH is 1. The molecule has 40 heavy (non-hydrogen) atoms. The first-order valence-corrected chi connectivity index (χ1v) is 13.5. The molecule has 5 rings (SSSR count). The molecule has 2 unspecified atom stereocenters. The number of fused-ring (bicyclic) bond motifs is 1. The number of alkyl halides is 6. The zero-order chi connectivity index (χ0) is 29.0. The second-order valence-electron chi connectivity index (χ2n) is 11.1. The number of benzene rings is 2. The highest BCUT2D eigenvalue weighted by Crippen LogP contribution is 2.46. The molecule has 0 spiro atoms. The van der Waals surface area contributed by atoms with E-state index in [0.29, 0.717) is 44.5 Å². The van der Waals surface area contributed by atoms with E-state index in [-0.39, 0.29) is 48.2 Å². The normalized spacial score (nSPS) is 27.3. The first kappa shape index (κ1) is 28.9. The third-order valence-corrected chi connectivity index (χ3v) is 8.57. The van der Waals surface area contributed by atoms with Crippen molar-refractivity contribution in [3.63, 3.8) is 0 Å². The molecule has 3 heterocycles. The maximum Gasteiger partial charge on any atom is 0.416 e. The van der Waals surface area contributed by atoms with Gasteiger partial charge in [0.05, 0.1) is 35.5 Å². The minimum Gasteiger partial charge on any atom is -0.393 e. The minimum atomic E-state index is -4.96. The molecular formula is C29H32F6N2O3. The lowest BCUT2D eigenvalue weighted by Crippen LogP contribution is -2.47. The number of carbonyl (C=O) groups is 1. The minimum absolute atomic E-state index is 0.0582. The van der Waals surface area contributed by atoms with Crippen molar-refractivity contribution in [2.24, 2.45) is 0 Å². The van der Waals surface area contributed by atoms with Crippen LogP contribution >= 0.6 is 0 Å². The molecule has 218 valence electrons. The maximum atomic E-state index is 13.6. The van der Waals surface area contributed by atoms with E-state index in [1.807, 2.05) is 31.2 Å². The van der Waals surface area contributed by atoms with Gasteiger partial charge >= 0.3 is 12.4 Å². The fourth-order valence-corrected chi connectivity index (χ4v) is 6.49. The summed E-state index contributed by atoms with van der Waals surface area (Å²) in [5, 5.41) is 9.89. The van der Waals surface area contributed by atoms with Gasteiger partial charge in [0.1, 0.15) is 0 Å². The highest BCUT2D eigenvalue weighted by atomic mass is 19.4. The molecule has 11 heteroatoms. The zero-order valence-electron chi connectivity index (χ0n) is 22.2. The van der Waals surface area contributed by atoms with Gasteiger partial charge in [0.25, 0.3) is 0 Å². The van der Waals surface area contributed by atoms with Crippen molar-refractivity contribution in [3.8, 4) is 0 Å². The predicted octanol–water partition coefficient (Wildman–Crippen LogP) is 5.70. The lowest BCUT2D eigenvalue weighted by atomic mass is 9.85. The van der Waals surface area contributed by atoms with Crippen LogP contribution in [-0.2, 0) is 21.9 Å². The van der Waals surface area contributed by atoms with Gasteiger partial charge in [-0.3, -0.25) is 9.69 Å². The summed E-state index contributed by atoms with van der Waals surface area (Å²) in [6, 6.07) is 8.56. The molecule has 5 nitrogen and oxygen atoms in total. The second-order valence-corrected chi connectivity index (χ2v) is 11.1. The van der Waals surface area contributed by atoms with Gasteiger partial charge in [-0.2, -0.15) is 26.3 Å². The van der Waals surface area contributed by atoms with E-state index in [1.54, 1.807) is 4.90 Å². The molecule has 1 N–H and O–H groups in total. The van der Waals surface area contributed by atoms with Crippen LogP contribution in [0.15, 0.2) is 42.5 Å². The molecule has 0 aromatic heterocycles. The maximum absolute atomic E-state index is 13.6. The van der Waals surface area contributed by atoms with E-state index in [4.69, 9.17) is 4.74 Å². The number of likely N-dealkylation sites (tertiary alicyclic amines) is 1. The molecular weight excluding hydrogens is 538 g/mol. The van der Waals surface area contributed by atoms with Gasteiger partial charge in [-0.25, -0.2) is 0 Å². The zero-order valence-corrected chi connectivity index (χ0v) is 22.2. The lowest BCUT2D eigenvalue weighted by molar-refractivity contribution is -0.143. The number of amides is 1. The number of piperidine rings is 1. The van der Waals surface area contributed by atoms with Crippen LogP contribution in [0.5, 0.6) is 0 Å². The monoisotopic (exact) mass is 570 g/mol. The molecule has 3 fully saturated rings. The number of rotatable bonds is 5. The predicted molar refractivity (Wildman–Crippen MR) is 134 cm³/mol. The second kappa shape index (κ2) is 10.6. The van der Waals surface area contributed by atoms with E-state index < -0.39 is 35.7 Å². The van der Waals surface area contributed by atoms with Crippen molar-refractivity contribution in [1.29, 1.82) is 0 Å². The van der Waals surface area contributed by atoms with Crippen LogP contribution in [0.25, 0.3) is 0 Å². The fourth-order valence-electron chi connectivity index (χ4n) is 6.49. The number of carbonyl (C=O) groups excluding carboxylic acids is 1. The first-order valence-electron chi connectivity index (χ1n) is 13.5. The van der Waals surface area contributed by atoms with Gasteiger partial charge in [0.2, 0.25) is 5.91 Å². The average molecular weight is 571 g/mol. The van der Waals surface area contributed by atoms with Crippen LogP contribution in [0, 0.1) is 6.92 Å². The summed E-state index contributed by atoms with van der Waals surface area (Å²) in [5.41, 5.74) is -1.10. The molecule has 3 aliphatic heterocycles. The van der Waals surface area contributed by atoms with Crippen molar-refractivity contribution in [2.75, 3.05) is 19.6 Å². The SMILES string of the molecule is Cc1ccccc1[C@H]1C2CC(N3CCC(O)CC3)C(=O)N2C[C@@H]1O[C@H](C)c1cc(C(F)(F)F)cc(C(F)(F)F)c1. The Labute approximate surface area is 228 Å². The van der Waals surface area contributed by atoms with Crippen LogP contribution in [0.1, 0.15) is 66.0 Å². The quantitative estimate of drug-likeness (QED) is 0.469. The van der Waals surface area contributed by atoms with Crippen molar-refractivity contribution in [3.05, 3.63) is 70.3 Å². The Kier molecular flexibility index (Phi) is 7.69. The number of nitrogens with zero attached hydrogens (tertiary/aromatic N) is 2. The largest absolute Gasteiger partial charge is 0.416 e. The Bertz CT molecular complexity index is 1210. The smallest absolute Gasteiger partial charge is 0.393 e. The van der Waals surface area contributed by atoms with Gasteiger partial charge in [0, 0.05) is 31.6 Å². The highest BCUT2D eigenvalue weighted by Gasteiger charge is 2.54. The van der Waals surface area contributed by atoms with Gasteiger partial charge in [-0.05, 0) is 68.0 Å². The summed E-state index contributed by atoms with van der Waals surface area (Å²) in [6.45, 7) is 4.78. The Morgan fingerprint density at radius 1 is 0.975 bits per heavy atom. The first-order chi connectivity index (χ1) is 18.7. The van der Waals surface area contributed by atoms with Crippen molar-refractivity contribution >= 4 is 5.91 Å². The number of aliphatic hydroxyl groups is 1. The van der Waals surface area contributed by atoms with E-state index in [1.165, 1.54) is 6.92 Å². The van der Waals surface area contributed by atoms with Crippen LogP contribution in [-0.4, -0.2) is 64.7 Å². The molecule has 3 saturated heterocycles. The van der Waals surface area contributed by atoms with Gasteiger partial charge in [-0.15, -0.1) is 0 Å². The standard InChI is InChI=1S/C29H32F6N2O3/c1-16-5-3-4-6-22(16)26-23-14-24(36-9-7-21(38)8-10-36)27(39)37(23)15-25(26)40-17(2)18-11-19(28(30,31)32)13-20(12-18)29(33,34)35/h3-6,11-13,17,21,23-26,38H,7-10,14-15H2,1-2H3/t17-,23?,24?,25+,26+/m1/s1. The van der Waals surface area contributed by atoms with E-state index in [9.17, 15) is 36.2 Å². The summed E-state index contributed by atoms with van der Waals surface area (Å²) in [7, 11) is 0. The van der Waals surface area contributed by atoms with Gasteiger partial charge < -0.3 is 14.7 Å². The lowest BCUT2D eigenvalue weighted by Gasteiger charge is -2.34. The molecule has 5 atom stereocenters. The number of halogens is 6. The van der Waals surface area contributed by atoms with Gasteiger partial charge in [-0.1, -0.05) is 24.3 Å². The molecule has 0 aliphatic carbocycles.